The summed E-state index contributed by atoms with van der Waals surface area (Å²) in [7, 11) is 0. The molecular formula is C9H19NO. The Labute approximate surface area is 69.3 Å². The standard InChI is InChI=1S/C9H19NO/c1-3-6-11-9-7-10-5-4-8(9)2/h8-10H,3-7H2,1-2H3. The molecule has 0 saturated carbocycles. The SMILES string of the molecule is CCCOC1CNCCC1C. The van der Waals surface area contributed by atoms with Crippen LogP contribution in [0.3, 0.4) is 0 Å². The van der Waals surface area contributed by atoms with Gasteiger partial charge in [-0.2, -0.15) is 0 Å². The Bertz CT molecular complexity index is 106. The van der Waals surface area contributed by atoms with Gasteiger partial charge in [0.1, 0.15) is 0 Å². The van der Waals surface area contributed by atoms with Gasteiger partial charge in [-0.25, -0.2) is 0 Å². The van der Waals surface area contributed by atoms with E-state index in [4.69, 9.17) is 4.74 Å². The van der Waals surface area contributed by atoms with Gasteiger partial charge in [-0.3, -0.25) is 0 Å². The van der Waals surface area contributed by atoms with Gasteiger partial charge < -0.3 is 10.1 Å². The number of piperidine rings is 1. The van der Waals surface area contributed by atoms with Crippen molar-refractivity contribution in [1.82, 2.24) is 5.32 Å². The molecule has 2 nitrogen and oxygen atoms in total. The van der Waals surface area contributed by atoms with E-state index in [0.29, 0.717) is 6.10 Å². The lowest BCUT2D eigenvalue weighted by molar-refractivity contribution is 0.00454. The Morgan fingerprint density at radius 3 is 3.00 bits per heavy atom. The maximum atomic E-state index is 5.68. The van der Waals surface area contributed by atoms with Gasteiger partial charge in [0.15, 0.2) is 0 Å². The molecule has 0 aromatic heterocycles. The van der Waals surface area contributed by atoms with Crippen molar-refractivity contribution in [2.24, 2.45) is 5.92 Å². The van der Waals surface area contributed by atoms with Crippen LogP contribution in [0.4, 0.5) is 0 Å². The Kier molecular flexibility index (Phi) is 3.87. The van der Waals surface area contributed by atoms with Crippen molar-refractivity contribution in [2.45, 2.75) is 32.8 Å². The molecule has 0 aromatic rings. The maximum absolute atomic E-state index is 5.68. The van der Waals surface area contributed by atoms with E-state index in [2.05, 4.69) is 19.2 Å². The van der Waals surface area contributed by atoms with Crippen LogP contribution in [0.2, 0.25) is 0 Å². The lowest BCUT2D eigenvalue weighted by atomic mass is 9.97. The Morgan fingerprint density at radius 1 is 1.55 bits per heavy atom. The molecule has 2 heteroatoms. The molecule has 1 aliphatic rings. The van der Waals surface area contributed by atoms with Crippen LogP contribution in [0.25, 0.3) is 0 Å². The normalized spacial score (nSPS) is 32.2. The molecule has 11 heavy (non-hydrogen) atoms. The fourth-order valence-corrected chi connectivity index (χ4v) is 1.45. The topological polar surface area (TPSA) is 21.3 Å². The molecule has 0 aromatic carbocycles. The van der Waals surface area contributed by atoms with Crippen molar-refractivity contribution in [3.63, 3.8) is 0 Å². The van der Waals surface area contributed by atoms with E-state index in [-0.39, 0.29) is 0 Å². The molecule has 1 heterocycles. The van der Waals surface area contributed by atoms with Gasteiger partial charge in [-0.05, 0) is 25.3 Å². The molecular weight excluding hydrogens is 138 g/mol. The third kappa shape index (κ3) is 2.80. The van der Waals surface area contributed by atoms with E-state index < -0.39 is 0 Å². The second kappa shape index (κ2) is 4.73. The molecule has 0 aliphatic carbocycles. The summed E-state index contributed by atoms with van der Waals surface area (Å²) < 4.78 is 5.68. The van der Waals surface area contributed by atoms with Crippen LogP contribution in [0, 0.1) is 5.92 Å². The summed E-state index contributed by atoms with van der Waals surface area (Å²) in [5.74, 6) is 0.739. The van der Waals surface area contributed by atoms with Crippen LogP contribution in [0.15, 0.2) is 0 Å². The highest BCUT2D eigenvalue weighted by Crippen LogP contribution is 2.14. The van der Waals surface area contributed by atoms with E-state index in [9.17, 15) is 0 Å². The molecule has 0 amide bonds. The number of nitrogens with one attached hydrogen (secondary N) is 1. The monoisotopic (exact) mass is 157 g/mol. The van der Waals surface area contributed by atoms with Crippen LogP contribution >= 0.6 is 0 Å². The second-order valence-electron chi connectivity index (χ2n) is 3.38. The van der Waals surface area contributed by atoms with Crippen molar-refractivity contribution in [3.8, 4) is 0 Å². The second-order valence-corrected chi connectivity index (χ2v) is 3.38. The molecule has 0 spiro atoms. The zero-order chi connectivity index (χ0) is 8.10. The lowest BCUT2D eigenvalue weighted by Gasteiger charge is -2.29. The summed E-state index contributed by atoms with van der Waals surface area (Å²) in [4.78, 5) is 0. The molecule has 2 atom stereocenters. The van der Waals surface area contributed by atoms with Gasteiger partial charge in [-0.15, -0.1) is 0 Å². The summed E-state index contributed by atoms with van der Waals surface area (Å²) in [5.41, 5.74) is 0. The van der Waals surface area contributed by atoms with E-state index in [1.54, 1.807) is 0 Å². The number of hydrogen-bond acceptors (Lipinski definition) is 2. The minimum Gasteiger partial charge on any atom is -0.377 e. The average Bonchev–Trinajstić information content (AvgIpc) is 2.03. The third-order valence-corrected chi connectivity index (χ3v) is 2.29. The van der Waals surface area contributed by atoms with E-state index in [1.807, 2.05) is 0 Å². The van der Waals surface area contributed by atoms with Gasteiger partial charge in [-0.1, -0.05) is 13.8 Å². The molecule has 1 fully saturated rings. The minimum absolute atomic E-state index is 0.462. The quantitative estimate of drug-likeness (QED) is 0.669. The first-order chi connectivity index (χ1) is 5.34. The first-order valence-corrected chi connectivity index (χ1v) is 4.67. The third-order valence-electron chi connectivity index (χ3n) is 2.29. The summed E-state index contributed by atoms with van der Waals surface area (Å²) >= 11 is 0. The molecule has 0 radical (unpaired) electrons. The fraction of sp³-hybridized carbons (Fsp3) is 1.00. The first-order valence-electron chi connectivity index (χ1n) is 4.67. The highest BCUT2D eigenvalue weighted by atomic mass is 16.5. The van der Waals surface area contributed by atoms with Crippen molar-refractivity contribution in [1.29, 1.82) is 0 Å². The zero-order valence-electron chi connectivity index (χ0n) is 7.60. The minimum atomic E-state index is 0.462. The van der Waals surface area contributed by atoms with Gasteiger partial charge >= 0.3 is 0 Å². The first kappa shape index (κ1) is 9.01. The molecule has 2 unspecified atom stereocenters. The highest BCUT2D eigenvalue weighted by Gasteiger charge is 2.20. The van der Waals surface area contributed by atoms with E-state index >= 15 is 0 Å². The van der Waals surface area contributed by atoms with Crippen molar-refractivity contribution >= 4 is 0 Å². The Morgan fingerprint density at radius 2 is 2.36 bits per heavy atom. The zero-order valence-corrected chi connectivity index (χ0v) is 7.60. The van der Waals surface area contributed by atoms with E-state index in [1.165, 1.54) is 6.42 Å². The predicted octanol–water partition coefficient (Wildman–Crippen LogP) is 1.41. The van der Waals surface area contributed by atoms with Gasteiger partial charge in [0.05, 0.1) is 6.10 Å². The molecule has 1 saturated heterocycles. The van der Waals surface area contributed by atoms with Crippen LogP contribution in [0.1, 0.15) is 26.7 Å². The highest BCUT2D eigenvalue weighted by molar-refractivity contribution is 4.75. The predicted molar refractivity (Wildman–Crippen MR) is 46.7 cm³/mol. The molecule has 66 valence electrons. The fourth-order valence-electron chi connectivity index (χ4n) is 1.45. The van der Waals surface area contributed by atoms with E-state index in [0.717, 1.165) is 32.0 Å². The summed E-state index contributed by atoms with van der Waals surface area (Å²) in [6, 6.07) is 0. The average molecular weight is 157 g/mol. The number of rotatable bonds is 3. The maximum Gasteiger partial charge on any atom is 0.0725 e. The molecule has 1 rings (SSSR count). The van der Waals surface area contributed by atoms with Crippen molar-refractivity contribution < 1.29 is 4.74 Å². The number of hydrogen-bond donors (Lipinski definition) is 1. The van der Waals surface area contributed by atoms with Crippen LogP contribution in [-0.4, -0.2) is 25.8 Å². The van der Waals surface area contributed by atoms with Crippen molar-refractivity contribution in [2.75, 3.05) is 19.7 Å². The van der Waals surface area contributed by atoms with Crippen LogP contribution < -0.4 is 5.32 Å². The van der Waals surface area contributed by atoms with Gasteiger partial charge in [0, 0.05) is 13.2 Å². The van der Waals surface area contributed by atoms with Crippen LogP contribution in [0.5, 0.6) is 0 Å². The molecule has 0 bridgehead atoms. The summed E-state index contributed by atoms with van der Waals surface area (Å²) in [6.07, 6.45) is 2.85. The number of ether oxygens (including phenoxy) is 1. The lowest BCUT2D eigenvalue weighted by Crippen LogP contribution is -2.41. The van der Waals surface area contributed by atoms with Gasteiger partial charge in [0.25, 0.3) is 0 Å². The van der Waals surface area contributed by atoms with Crippen molar-refractivity contribution in [3.05, 3.63) is 0 Å². The Balaban J connectivity index is 2.18. The summed E-state index contributed by atoms with van der Waals surface area (Å²) in [6.45, 7) is 7.55. The van der Waals surface area contributed by atoms with Crippen LogP contribution in [-0.2, 0) is 4.74 Å². The molecule has 1 N–H and O–H groups in total. The summed E-state index contributed by atoms with van der Waals surface area (Å²) in [5, 5.41) is 3.35. The Hall–Kier alpha value is -0.0800. The molecule has 1 aliphatic heterocycles. The largest absolute Gasteiger partial charge is 0.377 e. The smallest absolute Gasteiger partial charge is 0.0725 e. The van der Waals surface area contributed by atoms with Gasteiger partial charge in [0.2, 0.25) is 0 Å².